The summed E-state index contributed by atoms with van der Waals surface area (Å²) in [6.45, 7) is 11.8. The highest BCUT2D eigenvalue weighted by Crippen LogP contribution is 2.27. The third kappa shape index (κ3) is 5.53. The van der Waals surface area contributed by atoms with Gasteiger partial charge in [-0.2, -0.15) is 0 Å². The van der Waals surface area contributed by atoms with Crippen LogP contribution in [0.3, 0.4) is 0 Å². The largest absolute Gasteiger partial charge is 0.350 e. The number of carbonyl (C=O) groups excluding carboxylic acids is 1. The number of amides is 1. The van der Waals surface area contributed by atoms with Crippen molar-refractivity contribution in [3.05, 3.63) is 0 Å². The normalized spacial score (nSPS) is 22.3. The van der Waals surface area contributed by atoms with Gasteiger partial charge in [0.2, 0.25) is 5.91 Å². The van der Waals surface area contributed by atoms with Crippen molar-refractivity contribution >= 4 is 5.91 Å². The lowest BCUT2D eigenvalue weighted by Gasteiger charge is -2.35. The molecular weight excluding hydrogens is 212 g/mol. The summed E-state index contributed by atoms with van der Waals surface area (Å²) in [5, 5.41) is 6.47. The molecule has 1 fully saturated rings. The summed E-state index contributed by atoms with van der Waals surface area (Å²) < 4.78 is 0. The Morgan fingerprint density at radius 2 is 1.88 bits per heavy atom. The molecule has 1 aliphatic rings. The Morgan fingerprint density at radius 3 is 2.35 bits per heavy atom. The summed E-state index contributed by atoms with van der Waals surface area (Å²) >= 11 is 0. The van der Waals surface area contributed by atoms with E-state index in [1.54, 1.807) is 0 Å². The monoisotopic (exact) mass is 240 g/mol. The first-order chi connectivity index (χ1) is 7.70. The van der Waals surface area contributed by atoms with Crippen molar-refractivity contribution in [2.75, 3.05) is 6.54 Å². The van der Waals surface area contributed by atoms with E-state index in [9.17, 15) is 4.79 Å². The molecule has 1 heterocycles. The molecule has 0 unspecified atom stereocenters. The second-order valence-electron chi connectivity index (χ2n) is 7.11. The molecule has 0 aromatic heterocycles. The van der Waals surface area contributed by atoms with Gasteiger partial charge in [0.15, 0.2) is 0 Å². The van der Waals surface area contributed by atoms with Gasteiger partial charge in [0.05, 0.1) is 6.04 Å². The zero-order valence-electron chi connectivity index (χ0n) is 12.0. The molecule has 0 aromatic rings. The van der Waals surface area contributed by atoms with Gasteiger partial charge in [-0.25, -0.2) is 0 Å². The lowest BCUT2D eigenvalue weighted by atomic mass is 9.81. The predicted octanol–water partition coefficient (Wildman–Crippen LogP) is 2.46. The van der Waals surface area contributed by atoms with E-state index in [1.165, 1.54) is 6.42 Å². The van der Waals surface area contributed by atoms with Crippen LogP contribution in [0.1, 0.15) is 60.3 Å². The minimum atomic E-state index is -0.130. The predicted molar refractivity (Wildman–Crippen MR) is 71.9 cm³/mol. The van der Waals surface area contributed by atoms with E-state index in [4.69, 9.17) is 0 Å². The summed E-state index contributed by atoms with van der Waals surface area (Å²) in [5.41, 5.74) is 0.102. The number of rotatable bonds is 3. The van der Waals surface area contributed by atoms with E-state index < -0.39 is 0 Å². The smallest absolute Gasteiger partial charge is 0.237 e. The van der Waals surface area contributed by atoms with E-state index >= 15 is 0 Å². The molecule has 17 heavy (non-hydrogen) atoms. The molecule has 0 spiro atoms. The van der Waals surface area contributed by atoms with Crippen molar-refractivity contribution in [3.63, 3.8) is 0 Å². The highest BCUT2D eigenvalue weighted by atomic mass is 16.2. The van der Waals surface area contributed by atoms with Gasteiger partial charge in [0.1, 0.15) is 0 Å². The van der Waals surface area contributed by atoms with Crippen LogP contribution in [-0.4, -0.2) is 24.0 Å². The van der Waals surface area contributed by atoms with Crippen molar-refractivity contribution < 1.29 is 4.79 Å². The maximum atomic E-state index is 12.1. The molecular formula is C14H28N2O. The molecule has 2 N–H and O–H groups in total. The summed E-state index contributed by atoms with van der Waals surface area (Å²) in [6.07, 6.45) is 4.30. The number of piperidine rings is 1. The Bertz CT molecular complexity index is 260. The van der Waals surface area contributed by atoms with E-state index in [1.807, 2.05) is 0 Å². The minimum absolute atomic E-state index is 0.0167. The first-order valence-electron chi connectivity index (χ1n) is 6.75. The third-order valence-electron chi connectivity index (χ3n) is 3.06. The fourth-order valence-corrected chi connectivity index (χ4v) is 2.87. The Kier molecular flexibility index (Phi) is 4.59. The maximum absolute atomic E-state index is 12.1. The topological polar surface area (TPSA) is 41.1 Å². The Hall–Kier alpha value is -0.570. The number of nitrogens with one attached hydrogen (secondary N) is 2. The van der Waals surface area contributed by atoms with Crippen LogP contribution in [0.4, 0.5) is 0 Å². The van der Waals surface area contributed by atoms with Crippen molar-refractivity contribution in [2.45, 2.75) is 71.9 Å². The van der Waals surface area contributed by atoms with E-state index in [2.05, 4.69) is 45.3 Å². The highest BCUT2D eigenvalue weighted by Gasteiger charge is 2.30. The molecule has 1 saturated heterocycles. The summed E-state index contributed by atoms with van der Waals surface area (Å²) in [7, 11) is 0. The van der Waals surface area contributed by atoms with Gasteiger partial charge < -0.3 is 10.6 Å². The van der Waals surface area contributed by atoms with Gasteiger partial charge in [0, 0.05) is 5.54 Å². The third-order valence-corrected chi connectivity index (χ3v) is 3.06. The highest BCUT2D eigenvalue weighted by molar-refractivity contribution is 5.82. The quantitative estimate of drug-likeness (QED) is 0.795. The van der Waals surface area contributed by atoms with Gasteiger partial charge in [-0.1, -0.05) is 27.2 Å². The molecule has 1 aliphatic heterocycles. The van der Waals surface area contributed by atoms with Crippen molar-refractivity contribution in [2.24, 2.45) is 5.41 Å². The molecule has 1 atom stereocenters. The molecule has 0 saturated carbocycles. The average molecular weight is 240 g/mol. The summed E-state index contributed by atoms with van der Waals surface area (Å²) in [5.74, 6) is 0.166. The van der Waals surface area contributed by atoms with Crippen LogP contribution >= 0.6 is 0 Å². The van der Waals surface area contributed by atoms with Crippen LogP contribution in [-0.2, 0) is 4.79 Å². The number of hydrogen-bond donors (Lipinski definition) is 2. The molecule has 3 heteroatoms. The second-order valence-corrected chi connectivity index (χ2v) is 7.11. The van der Waals surface area contributed by atoms with Crippen molar-refractivity contribution in [1.82, 2.24) is 10.6 Å². The molecule has 0 aromatic carbocycles. The van der Waals surface area contributed by atoms with Gasteiger partial charge in [-0.05, 0) is 45.1 Å². The Balaban J connectivity index is 2.48. The molecule has 0 bridgehead atoms. The molecule has 0 aliphatic carbocycles. The van der Waals surface area contributed by atoms with Crippen LogP contribution in [0.15, 0.2) is 0 Å². The van der Waals surface area contributed by atoms with Crippen LogP contribution in [0.5, 0.6) is 0 Å². The van der Waals surface area contributed by atoms with Gasteiger partial charge >= 0.3 is 0 Å². The van der Waals surface area contributed by atoms with Gasteiger partial charge in [-0.15, -0.1) is 0 Å². The van der Waals surface area contributed by atoms with Gasteiger partial charge in [-0.3, -0.25) is 4.79 Å². The zero-order chi connectivity index (χ0) is 13.1. The average Bonchev–Trinajstić information content (AvgIpc) is 2.14. The minimum Gasteiger partial charge on any atom is -0.350 e. The van der Waals surface area contributed by atoms with Crippen LogP contribution < -0.4 is 10.6 Å². The Morgan fingerprint density at radius 1 is 1.24 bits per heavy atom. The van der Waals surface area contributed by atoms with Crippen molar-refractivity contribution in [3.8, 4) is 0 Å². The standard InChI is InChI=1S/C14H28N2O/c1-13(2,3)10-14(4,5)16-12(17)11-8-6-7-9-15-11/h11,15H,6-10H2,1-5H3,(H,16,17)/t11-/m0/s1. The van der Waals surface area contributed by atoms with E-state index in [0.717, 1.165) is 25.8 Å². The Labute approximate surface area is 106 Å². The molecule has 1 rings (SSSR count). The van der Waals surface area contributed by atoms with Crippen molar-refractivity contribution in [1.29, 1.82) is 0 Å². The first-order valence-corrected chi connectivity index (χ1v) is 6.75. The molecule has 100 valence electrons. The SMILES string of the molecule is CC(C)(C)CC(C)(C)NC(=O)[C@@H]1CCCCN1. The lowest BCUT2D eigenvalue weighted by Crippen LogP contribution is -2.54. The first kappa shape index (κ1) is 14.5. The fraction of sp³-hybridized carbons (Fsp3) is 0.929. The number of hydrogen-bond acceptors (Lipinski definition) is 2. The summed E-state index contributed by atoms with van der Waals surface area (Å²) in [6, 6.07) is 0.0167. The molecule has 0 radical (unpaired) electrons. The number of carbonyl (C=O) groups is 1. The van der Waals surface area contributed by atoms with Gasteiger partial charge in [0.25, 0.3) is 0 Å². The van der Waals surface area contributed by atoms with Crippen LogP contribution in [0.2, 0.25) is 0 Å². The zero-order valence-corrected chi connectivity index (χ0v) is 12.0. The lowest BCUT2D eigenvalue weighted by molar-refractivity contribution is -0.125. The second kappa shape index (κ2) is 5.38. The van der Waals surface area contributed by atoms with Crippen LogP contribution in [0, 0.1) is 5.41 Å². The van der Waals surface area contributed by atoms with Crippen LogP contribution in [0.25, 0.3) is 0 Å². The fourth-order valence-electron chi connectivity index (χ4n) is 2.87. The maximum Gasteiger partial charge on any atom is 0.237 e. The summed E-state index contributed by atoms with van der Waals surface area (Å²) in [4.78, 5) is 12.1. The molecule has 1 amide bonds. The van der Waals surface area contributed by atoms with E-state index in [-0.39, 0.29) is 22.9 Å². The van der Waals surface area contributed by atoms with E-state index in [0.29, 0.717) is 0 Å². The molecule has 3 nitrogen and oxygen atoms in total.